The van der Waals surface area contributed by atoms with Crippen LogP contribution in [-0.4, -0.2) is 36.1 Å². The van der Waals surface area contributed by atoms with Gasteiger partial charge in [0.2, 0.25) is 0 Å². The summed E-state index contributed by atoms with van der Waals surface area (Å²) in [6.07, 6.45) is 9.74. The molecule has 0 aromatic carbocycles. The van der Waals surface area contributed by atoms with E-state index in [4.69, 9.17) is 0 Å². The van der Waals surface area contributed by atoms with Gasteiger partial charge in [0.05, 0.1) is 0 Å². The molecule has 1 aliphatic heterocycles. The first-order valence-corrected chi connectivity index (χ1v) is 8.10. The van der Waals surface area contributed by atoms with Gasteiger partial charge in [-0.15, -0.1) is 0 Å². The first-order chi connectivity index (χ1) is 8.61. The molecule has 2 rings (SSSR count). The SMILES string of the molecule is CC(C)CCC(C)N1CCCNC2(CCCC2)C1. The number of hydrogen-bond acceptors (Lipinski definition) is 2. The van der Waals surface area contributed by atoms with Crippen molar-refractivity contribution in [2.24, 2.45) is 5.92 Å². The summed E-state index contributed by atoms with van der Waals surface area (Å²) in [6.45, 7) is 11.0. The van der Waals surface area contributed by atoms with E-state index in [0.29, 0.717) is 5.54 Å². The summed E-state index contributed by atoms with van der Waals surface area (Å²) in [6, 6.07) is 0.768. The molecule has 1 heterocycles. The molecule has 1 saturated carbocycles. The number of hydrogen-bond donors (Lipinski definition) is 1. The van der Waals surface area contributed by atoms with Gasteiger partial charge in [-0.1, -0.05) is 26.7 Å². The zero-order valence-electron chi connectivity index (χ0n) is 12.7. The van der Waals surface area contributed by atoms with E-state index in [9.17, 15) is 0 Å². The standard InChI is InChI=1S/C16H32N2/c1-14(2)7-8-15(3)18-12-6-11-17-16(13-18)9-4-5-10-16/h14-15,17H,4-13H2,1-3H3. The molecule has 18 heavy (non-hydrogen) atoms. The maximum absolute atomic E-state index is 3.87. The maximum atomic E-state index is 3.87. The fraction of sp³-hybridized carbons (Fsp3) is 1.00. The molecule has 2 heteroatoms. The molecule has 1 N–H and O–H groups in total. The average Bonchev–Trinajstić information content (AvgIpc) is 2.67. The molecule has 0 aromatic heterocycles. The van der Waals surface area contributed by atoms with Gasteiger partial charge in [0.1, 0.15) is 0 Å². The highest BCUT2D eigenvalue weighted by atomic mass is 15.2. The maximum Gasteiger partial charge on any atom is 0.0308 e. The average molecular weight is 252 g/mol. The molecule has 0 radical (unpaired) electrons. The highest BCUT2D eigenvalue weighted by Crippen LogP contribution is 2.32. The largest absolute Gasteiger partial charge is 0.310 e. The Morgan fingerprint density at radius 1 is 1.06 bits per heavy atom. The minimum Gasteiger partial charge on any atom is -0.310 e. The van der Waals surface area contributed by atoms with Crippen LogP contribution in [0.4, 0.5) is 0 Å². The predicted octanol–water partition coefficient (Wildman–Crippen LogP) is 3.42. The van der Waals surface area contributed by atoms with Gasteiger partial charge in [-0.05, 0) is 58.0 Å². The zero-order valence-corrected chi connectivity index (χ0v) is 12.7. The molecular formula is C16H32N2. The third-order valence-electron chi connectivity index (χ3n) is 4.97. The van der Waals surface area contributed by atoms with Crippen molar-refractivity contribution in [1.29, 1.82) is 0 Å². The van der Waals surface area contributed by atoms with Gasteiger partial charge in [-0.3, -0.25) is 4.90 Å². The summed E-state index contributed by atoms with van der Waals surface area (Å²) >= 11 is 0. The van der Waals surface area contributed by atoms with Gasteiger partial charge in [0, 0.05) is 18.1 Å². The van der Waals surface area contributed by atoms with E-state index >= 15 is 0 Å². The van der Waals surface area contributed by atoms with Crippen molar-refractivity contribution in [3.8, 4) is 0 Å². The summed E-state index contributed by atoms with van der Waals surface area (Å²) in [5.41, 5.74) is 0.475. The molecule has 2 aliphatic rings. The van der Waals surface area contributed by atoms with Gasteiger partial charge >= 0.3 is 0 Å². The Morgan fingerprint density at radius 3 is 2.44 bits per heavy atom. The predicted molar refractivity (Wildman–Crippen MR) is 78.9 cm³/mol. The van der Waals surface area contributed by atoms with E-state index in [1.807, 2.05) is 0 Å². The first kappa shape index (κ1) is 14.3. The number of nitrogens with one attached hydrogen (secondary N) is 1. The Morgan fingerprint density at radius 2 is 1.78 bits per heavy atom. The second-order valence-corrected chi connectivity index (χ2v) is 7.06. The van der Waals surface area contributed by atoms with E-state index in [0.717, 1.165) is 12.0 Å². The molecule has 106 valence electrons. The Kier molecular flexibility index (Phi) is 5.08. The highest BCUT2D eigenvalue weighted by Gasteiger charge is 2.37. The first-order valence-electron chi connectivity index (χ1n) is 8.10. The summed E-state index contributed by atoms with van der Waals surface area (Å²) in [4.78, 5) is 2.77. The molecule has 2 fully saturated rings. The van der Waals surface area contributed by atoms with Crippen molar-refractivity contribution in [2.75, 3.05) is 19.6 Å². The second kappa shape index (κ2) is 6.38. The lowest BCUT2D eigenvalue weighted by Crippen LogP contribution is -2.51. The molecule has 1 spiro atoms. The van der Waals surface area contributed by atoms with Crippen LogP contribution in [0.5, 0.6) is 0 Å². The molecule has 0 aromatic rings. The van der Waals surface area contributed by atoms with Gasteiger partial charge in [0.25, 0.3) is 0 Å². The van der Waals surface area contributed by atoms with Crippen LogP contribution in [0.3, 0.4) is 0 Å². The summed E-state index contributed by atoms with van der Waals surface area (Å²) in [7, 11) is 0. The van der Waals surface area contributed by atoms with Gasteiger partial charge in [0.15, 0.2) is 0 Å². The lowest BCUT2D eigenvalue weighted by atomic mass is 9.95. The van der Waals surface area contributed by atoms with E-state index in [1.54, 1.807) is 0 Å². The Bertz CT molecular complexity index is 243. The van der Waals surface area contributed by atoms with Crippen LogP contribution < -0.4 is 5.32 Å². The van der Waals surface area contributed by atoms with Crippen LogP contribution in [-0.2, 0) is 0 Å². The van der Waals surface area contributed by atoms with Gasteiger partial charge in [-0.2, -0.15) is 0 Å². The third kappa shape index (κ3) is 3.71. The monoisotopic (exact) mass is 252 g/mol. The zero-order chi connectivity index (χ0) is 13.0. The van der Waals surface area contributed by atoms with Crippen LogP contribution in [0.2, 0.25) is 0 Å². The summed E-state index contributed by atoms with van der Waals surface area (Å²) < 4.78 is 0. The smallest absolute Gasteiger partial charge is 0.0308 e. The highest BCUT2D eigenvalue weighted by molar-refractivity contribution is 4.97. The van der Waals surface area contributed by atoms with E-state index in [1.165, 1.54) is 64.6 Å². The van der Waals surface area contributed by atoms with Crippen molar-refractivity contribution < 1.29 is 0 Å². The fourth-order valence-electron chi connectivity index (χ4n) is 3.68. The lowest BCUT2D eigenvalue weighted by Gasteiger charge is -2.36. The molecule has 0 amide bonds. The minimum atomic E-state index is 0.475. The van der Waals surface area contributed by atoms with Gasteiger partial charge < -0.3 is 5.32 Å². The Balaban J connectivity index is 1.90. The minimum absolute atomic E-state index is 0.475. The van der Waals surface area contributed by atoms with Crippen molar-refractivity contribution in [3.05, 3.63) is 0 Å². The van der Waals surface area contributed by atoms with Crippen molar-refractivity contribution in [3.63, 3.8) is 0 Å². The third-order valence-corrected chi connectivity index (χ3v) is 4.97. The second-order valence-electron chi connectivity index (χ2n) is 7.06. The number of nitrogens with zero attached hydrogens (tertiary/aromatic N) is 1. The Labute approximate surface area is 114 Å². The van der Waals surface area contributed by atoms with Crippen molar-refractivity contribution in [1.82, 2.24) is 10.2 Å². The van der Waals surface area contributed by atoms with Gasteiger partial charge in [-0.25, -0.2) is 0 Å². The molecule has 1 saturated heterocycles. The van der Waals surface area contributed by atoms with Crippen molar-refractivity contribution >= 4 is 0 Å². The number of rotatable bonds is 4. The summed E-state index contributed by atoms with van der Waals surface area (Å²) in [5.74, 6) is 0.845. The normalized spacial score (nSPS) is 26.7. The quantitative estimate of drug-likeness (QED) is 0.825. The van der Waals surface area contributed by atoms with E-state index in [-0.39, 0.29) is 0 Å². The van der Waals surface area contributed by atoms with Crippen LogP contribution in [0, 0.1) is 5.92 Å². The van der Waals surface area contributed by atoms with Crippen molar-refractivity contribution in [2.45, 2.75) is 77.3 Å². The lowest BCUT2D eigenvalue weighted by molar-refractivity contribution is 0.154. The summed E-state index contributed by atoms with van der Waals surface area (Å²) in [5, 5.41) is 3.87. The van der Waals surface area contributed by atoms with Crippen LogP contribution >= 0.6 is 0 Å². The van der Waals surface area contributed by atoms with Crippen LogP contribution in [0.15, 0.2) is 0 Å². The fourth-order valence-corrected chi connectivity index (χ4v) is 3.68. The van der Waals surface area contributed by atoms with Crippen LogP contribution in [0.25, 0.3) is 0 Å². The molecule has 1 aliphatic carbocycles. The van der Waals surface area contributed by atoms with E-state index in [2.05, 4.69) is 31.0 Å². The Hall–Kier alpha value is -0.0800. The molecule has 1 unspecified atom stereocenters. The molecule has 2 nitrogen and oxygen atoms in total. The topological polar surface area (TPSA) is 15.3 Å². The molecule has 0 bridgehead atoms. The molecule has 1 atom stereocenters. The van der Waals surface area contributed by atoms with Crippen LogP contribution in [0.1, 0.15) is 65.7 Å². The molecular weight excluding hydrogens is 220 g/mol. The van der Waals surface area contributed by atoms with E-state index < -0.39 is 0 Å².